The van der Waals surface area contributed by atoms with Crippen molar-refractivity contribution in [2.75, 3.05) is 7.11 Å². The van der Waals surface area contributed by atoms with Gasteiger partial charge in [0.05, 0.1) is 23.4 Å². The van der Waals surface area contributed by atoms with Gasteiger partial charge in [0.25, 0.3) is 0 Å². The molecule has 15 heavy (non-hydrogen) atoms. The average Bonchev–Trinajstić information content (AvgIpc) is 2.54. The molecule has 1 aliphatic heterocycles. The summed E-state index contributed by atoms with van der Waals surface area (Å²) < 4.78 is 19.8. The Bertz CT molecular complexity index is 563. The Hall–Kier alpha value is -1.16. The fourth-order valence-corrected chi connectivity index (χ4v) is 1.96. The number of halogens is 2. The highest BCUT2D eigenvalue weighted by molar-refractivity contribution is 9.10. The Kier molecular flexibility index (Phi) is 2.61. The Morgan fingerprint density at radius 2 is 2.20 bits per heavy atom. The van der Waals surface area contributed by atoms with E-state index in [9.17, 15) is 4.39 Å². The molecule has 0 amide bonds. The van der Waals surface area contributed by atoms with Gasteiger partial charge in [-0.1, -0.05) is 22.0 Å². The Morgan fingerprint density at radius 3 is 2.80 bits per heavy atom. The first-order valence-electron chi connectivity index (χ1n) is 4.46. The number of nitrogens with zero attached hydrogens (tertiary/aromatic N) is 1. The molecule has 1 heterocycles. The smallest absolute Gasteiger partial charge is 0.161 e. The minimum Gasteiger partial charge on any atom is -0.496 e. The number of hydrogen-bond donors (Lipinski definition) is 0. The Morgan fingerprint density at radius 1 is 1.47 bits per heavy atom. The van der Waals surface area contributed by atoms with E-state index in [2.05, 4.69) is 20.9 Å². The van der Waals surface area contributed by atoms with Crippen molar-refractivity contribution in [3.05, 3.63) is 39.0 Å². The van der Waals surface area contributed by atoms with Crippen LogP contribution >= 0.6 is 15.9 Å². The first-order chi connectivity index (χ1) is 7.17. The first-order valence-corrected chi connectivity index (χ1v) is 5.25. The number of methoxy groups -OCH3 is 1. The lowest BCUT2D eigenvalue weighted by Gasteiger charge is -2.00. The maximum absolute atomic E-state index is 13.8. The van der Waals surface area contributed by atoms with Gasteiger partial charge in [-0.2, -0.15) is 0 Å². The second-order valence-corrected chi connectivity index (χ2v) is 4.02. The van der Waals surface area contributed by atoms with Gasteiger partial charge in [0.15, 0.2) is 5.83 Å². The summed E-state index contributed by atoms with van der Waals surface area (Å²) in [4.78, 5) is 4.16. The Labute approximate surface area is 94.9 Å². The number of allylic oxidation sites excluding steroid dienone is 2. The summed E-state index contributed by atoms with van der Waals surface area (Å²) in [5.74, 6) is 0.175. The number of fused-ring (bicyclic) bond motifs is 1. The first kappa shape index (κ1) is 10.4. The highest BCUT2D eigenvalue weighted by Crippen LogP contribution is 2.20. The number of benzene rings is 1. The molecule has 0 fully saturated rings. The van der Waals surface area contributed by atoms with Crippen LogP contribution in [-0.2, 0) is 0 Å². The van der Waals surface area contributed by atoms with Gasteiger partial charge in [0, 0.05) is 4.47 Å². The lowest BCUT2D eigenvalue weighted by molar-refractivity contribution is 0.409. The summed E-state index contributed by atoms with van der Waals surface area (Å²) in [5.41, 5.74) is 0.362. The molecule has 0 N–H and O–H groups in total. The Balaban J connectivity index is 2.91. The zero-order valence-corrected chi connectivity index (χ0v) is 9.93. The van der Waals surface area contributed by atoms with Crippen LogP contribution in [0.25, 0.3) is 5.83 Å². The van der Waals surface area contributed by atoms with E-state index in [4.69, 9.17) is 4.74 Å². The molecule has 1 aliphatic rings. The quantitative estimate of drug-likeness (QED) is 0.765. The lowest BCUT2D eigenvalue weighted by atomic mass is 10.2. The van der Waals surface area contributed by atoms with E-state index in [1.807, 2.05) is 0 Å². The van der Waals surface area contributed by atoms with Gasteiger partial charge < -0.3 is 4.74 Å². The fourth-order valence-electron chi connectivity index (χ4n) is 1.54. The summed E-state index contributed by atoms with van der Waals surface area (Å²) in [6.07, 6.45) is 1.64. The van der Waals surface area contributed by atoms with Crippen molar-refractivity contribution < 1.29 is 9.13 Å². The molecule has 0 bridgehead atoms. The van der Waals surface area contributed by atoms with E-state index < -0.39 is 0 Å². The number of hydrogen-bond acceptors (Lipinski definition) is 2. The molecule has 4 heteroatoms. The highest BCUT2D eigenvalue weighted by Gasteiger charge is 2.15. The van der Waals surface area contributed by atoms with Gasteiger partial charge in [-0.25, -0.2) is 9.38 Å². The molecule has 0 aromatic heterocycles. The molecule has 0 aliphatic carbocycles. The molecule has 0 unspecified atom stereocenters. The molecule has 1 aromatic carbocycles. The molecular weight excluding hydrogens is 261 g/mol. The topological polar surface area (TPSA) is 21.6 Å². The molecule has 0 saturated heterocycles. The zero-order valence-electron chi connectivity index (χ0n) is 8.34. The van der Waals surface area contributed by atoms with Gasteiger partial charge in [-0.3, -0.25) is 0 Å². The van der Waals surface area contributed by atoms with Crippen molar-refractivity contribution in [1.82, 2.24) is 0 Å². The maximum Gasteiger partial charge on any atom is 0.161 e. The van der Waals surface area contributed by atoms with Crippen LogP contribution in [0.1, 0.15) is 6.92 Å². The second-order valence-electron chi connectivity index (χ2n) is 3.10. The van der Waals surface area contributed by atoms with E-state index in [0.29, 0.717) is 22.0 Å². The second kappa shape index (κ2) is 3.77. The monoisotopic (exact) mass is 269 g/mol. The third-order valence-electron chi connectivity index (χ3n) is 2.22. The van der Waals surface area contributed by atoms with Crippen LogP contribution in [0, 0.1) is 0 Å². The van der Waals surface area contributed by atoms with Gasteiger partial charge in [-0.05, 0) is 19.1 Å². The molecule has 0 saturated carbocycles. The minimum absolute atomic E-state index is 0.322. The standard InChI is InChI=1S/C11H9BrFNO/c1-3-7-11(13)10-8(14-7)4-6(12)5-9(10)15-2/h3-5H,1-2H3/b7-3+. The average molecular weight is 270 g/mol. The van der Waals surface area contributed by atoms with Crippen molar-refractivity contribution in [2.24, 2.45) is 4.99 Å². The van der Waals surface area contributed by atoms with Crippen molar-refractivity contribution in [2.45, 2.75) is 6.92 Å². The summed E-state index contributed by atoms with van der Waals surface area (Å²) in [7, 11) is 1.52. The summed E-state index contributed by atoms with van der Waals surface area (Å²) in [6.45, 7) is 1.76. The molecule has 78 valence electrons. The molecule has 0 spiro atoms. The van der Waals surface area contributed by atoms with Crippen LogP contribution in [0.5, 0.6) is 5.75 Å². The molecular formula is C11H9BrFNO. The van der Waals surface area contributed by atoms with E-state index in [1.54, 1.807) is 25.1 Å². The van der Waals surface area contributed by atoms with Gasteiger partial charge in [-0.15, -0.1) is 0 Å². The third kappa shape index (κ3) is 1.59. The number of rotatable bonds is 1. The van der Waals surface area contributed by atoms with Crippen molar-refractivity contribution in [1.29, 1.82) is 0 Å². The van der Waals surface area contributed by atoms with Crippen LogP contribution in [0.4, 0.5) is 4.39 Å². The maximum atomic E-state index is 13.8. The van der Waals surface area contributed by atoms with E-state index in [0.717, 1.165) is 4.47 Å². The number of ether oxygens (including phenoxy) is 1. The minimum atomic E-state index is -0.322. The van der Waals surface area contributed by atoms with E-state index >= 15 is 0 Å². The molecule has 2 rings (SSSR count). The van der Waals surface area contributed by atoms with Crippen LogP contribution in [0.2, 0.25) is 0 Å². The van der Waals surface area contributed by atoms with Crippen LogP contribution in [0.15, 0.2) is 33.4 Å². The summed E-state index contributed by atoms with van der Waals surface area (Å²) in [6, 6.07) is 3.50. The SMILES string of the molecule is C/C=C1/N=c2cc(Br)cc(OC)c2=C1F. The van der Waals surface area contributed by atoms with E-state index in [1.165, 1.54) is 7.11 Å². The van der Waals surface area contributed by atoms with Crippen LogP contribution in [0.3, 0.4) is 0 Å². The predicted molar refractivity (Wildman–Crippen MR) is 59.7 cm³/mol. The van der Waals surface area contributed by atoms with Crippen LogP contribution < -0.4 is 15.3 Å². The summed E-state index contributed by atoms with van der Waals surface area (Å²) >= 11 is 3.33. The third-order valence-corrected chi connectivity index (χ3v) is 2.68. The van der Waals surface area contributed by atoms with E-state index in [-0.39, 0.29) is 5.83 Å². The van der Waals surface area contributed by atoms with Gasteiger partial charge in [0.1, 0.15) is 5.75 Å². The molecule has 1 aromatic rings. The van der Waals surface area contributed by atoms with Gasteiger partial charge >= 0.3 is 0 Å². The van der Waals surface area contributed by atoms with Crippen LogP contribution in [-0.4, -0.2) is 7.11 Å². The highest BCUT2D eigenvalue weighted by atomic mass is 79.9. The molecule has 0 atom stereocenters. The predicted octanol–water partition coefficient (Wildman–Crippen LogP) is 2.07. The fraction of sp³-hybridized carbons (Fsp3) is 0.182. The van der Waals surface area contributed by atoms with Gasteiger partial charge in [0.2, 0.25) is 0 Å². The van der Waals surface area contributed by atoms with Crippen molar-refractivity contribution >= 4 is 21.8 Å². The summed E-state index contributed by atoms with van der Waals surface area (Å²) in [5, 5.41) is 1.04. The largest absolute Gasteiger partial charge is 0.496 e. The zero-order chi connectivity index (χ0) is 11.0. The molecule has 0 radical (unpaired) electrons. The normalized spacial score (nSPS) is 16.5. The lowest BCUT2D eigenvalue weighted by Crippen LogP contribution is -2.24. The molecule has 2 nitrogen and oxygen atoms in total. The van der Waals surface area contributed by atoms with Crippen molar-refractivity contribution in [3.8, 4) is 5.75 Å². The van der Waals surface area contributed by atoms with Crippen molar-refractivity contribution in [3.63, 3.8) is 0 Å².